The highest BCUT2D eigenvalue weighted by Crippen LogP contribution is 2.16. The van der Waals surface area contributed by atoms with E-state index in [4.69, 9.17) is 0 Å². The summed E-state index contributed by atoms with van der Waals surface area (Å²) in [5.41, 5.74) is 1.13. The molecule has 0 radical (unpaired) electrons. The van der Waals surface area contributed by atoms with Crippen LogP contribution in [0.5, 0.6) is 0 Å². The fourth-order valence-corrected chi connectivity index (χ4v) is 3.12. The molecule has 2 aromatic rings. The van der Waals surface area contributed by atoms with Crippen LogP contribution in [0.4, 0.5) is 0 Å². The molecule has 2 rings (SSSR count). The molecule has 0 unspecified atom stereocenters. The maximum absolute atomic E-state index is 4.55. The SMILES string of the molecule is CCc1nncn1CCNC(=NC)NCCc1nc(C)c(C)s1.I. The van der Waals surface area contributed by atoms with E-state index >= 15 is 0 Å². The van der Waals surface area contributed by atoms with Crippen molar-refractivity contribution in [2.75, 3.05) is 20.1 Å². The van der Waals surface area contributed by atoms with E-state index in [9.17, 15) is 0 Å². The van der Waals surface area contributed by atoms with Gasteiger partial charge in [0, 0.05) is 44.4 Å². The second-order valence-corrected chi connectivity index (χ2v) is 6.51. The van der Waals surface area contributed by atoms with Crippen LogP contribution in [0.15, 0.2) is 11.3 Å². The van der Waals surface area contributed by atoms with Gasteiger partial charge in [-0.05, 0) is 13.8 Å². The van der Waals surface area contributed by atoms with Crippen molar-refractivity contribution in [3.8, 4) is 0 Å². The molecular formula is C15H26IN7S. The van der Waals surface area contributed by atoms with Gasteiger partial charge in [-0.25, -0.2) is 4.98 Å². The maximum atomic E-state index is 4.55. The minimum atomic E-state index is 0. The maximum Gasteiger partial charge on any atom is 0.191 e. The zero-order valence-electron chi connectivity index (χ0n) is 14.7. The van der Waals surface area contributed by atoms with Crippen molar-refractivity contribution in [1.29, 1.82) is 0 Å². The lowest BCUT2D eigenvalue weighted by atomic mass is 10.4. The summed E-state index contributed by atoms with van der Waals surface area (Å²) in [6.07, 6.45) is 3.56. The van der Waals surface area contributed by atoms with E-state index in [2.05, 4.69) is 56.1 Å². The predicted molar refractivity (Wildman–Crippen MR) is 109 cm³/mol. The molecule has 0 spiro atoms. The molecule has 134 valence electrons. The van der Waals surface area contributed by atoms with Crippen molar-refractivity contribution in [3.63, 3.8) is 0 Å². The molecule has 0 aromatic carbocycles. The molecule has 9 heteroatoms. The van der Waals surface area contributed by atoms with Crippen LogP contribution in [0.3, 0.4) is 0 Å². The standard InChI is InChI=1S/C15H25N7S.HI/c1-5-13-21-19-10-22(13)9-8-18-15(16-4)17-7-6-14-20-11(2)12(3)23-14;/h10H,5-9H2,1-4H3,(H2,16,17,18);1H. The van der Waals surface area contributed by atoms with Crippen LogP contribution in [0, 0.1) is 13.8 Å². The van der Waals surface area contributed by atoms with Gasteiger partial charge in [-0.15, -0.1) is 45.5 Å². The van der Waals surface area contributed by atoms with E-state index in [1.54, 1.807) is 24.7 Å². The Morgan fingerprint density at radius 1 is 1.29 bits per heavy atom. The average Bonchev–Trinajstić information content (AvgIpc) is 3.12. The molecule has 24 heavy (non-hydrogen) atoms. The van der Waals surface area contributed by atoms with Crippen molar-refractivity contribution in [2.24, 2.45) is 4.99 Å². The lowest BCUT2D eigenvalue weighted by molar-refractivity contribution is 0.632. The lowest BCUT2D eigenvalue weighted by Gasteiger charge is -2.12. The minimum Gasteiger partial charge on any atom is -0.356 e. The van der Waals surface area contributed by atoms with Gasteiger partial charge in [-0.3, -0.25) is 4.99 Å². The third kappa shape index (κ3) is 6.00. The summed E-state index contributed by atoms with van der Waals surface area (Å²) in [5.74, 6) is 1.81. The highest BCUT2D eigenvalue weighted by Gasteiger charge is 2.05. The summed E-state index contributed by atoms with van der Waals surface area (Å²) < 4.78 is 2.06. The molecule has 2 aromatic heterocycles. The predicted octanol–water partition coefficient (Wildman–Crippen LogP) is 1.94. The first kappa shape index (κ1) is 20.8. The third-order valence-corrected chi connectivity index (χ3v) is 4.72. The Hall–Kier alpha value is -1.23. The molecular weight excluding hydrogens is 437 g/mol. The molecule has 0 bridgehead atoms. The second-order valence-electron chi connectivity index (χ2n) is 5.22. The smallest absolute Gasteiger partial charge is 0.191 e. The van der Waals surface area contributed by atoms with Crippen molar-refractivity contribution in [2.45, 2.75) is 40.2 Å². The van der Waals surface area contributed by atoms with Gasteiger partial charge in [0.25, 0.3) is 0 Å². The molecule has 0 aliphatic rings. The number of hydrogen-bond acceptors (Lipinski definition) is 5. The lowest BCUT2D eigenvalue weighted by Crippen LogP contribution is -2.39. The van der Waals surface area contributed by atoms with Crippen LogP contribution in [0.2, 0.25) is 0 Å². The summed E-state index contributed by atoms with van der Waals surface area (Å²) in [6.45, 7) is 8.66. The molecule has 0 saturated carbocycles. The van der Waals surface area contributed by atoms with E-state index in [0.29, 0.717) is 0 Å². The molecule has 2 heterocycles. The van der Waals surface area contributed by atoms with Gasteiger partial charge >= 0.3 is 0 Å². The number of nitrogens with zero attached hydrogens (tertiary/aromatic N) is 5. The molecule has 0 amide bonds. The first-order valence-electron chi connectivity index (χ1n) is 7.88. The molecule has 0 aliphatic carbocycles. The van der Waals surface area contributed by atoms with E-state index in [0.717, 1.165) is 50.0 Å². The van der Waals surface area contributed by atoms with Crippen molar-refractivity contribution in [3.05, 3.63) is 27.7 Å². The topological polar surface area (TPSA) is 80.0 Å². The zero-order valence-corrected chi connectivity index (χ0v) is 17.8. The Balaban J connectivity index is 0.00000288. The Bertz CT molecular complexity index is 631. The summed E-state index contributed by atoms with van der Waals surface area (Å²) in [7, 11) is 1.78. The number of aliphatic imine (C=N–C) groups is 1. The monoisotopic (exact) mass is 463 g/mol. The summed E-state index contributed by atoms with van der Waals surface area (Å²) in [6, 6.07) is 0. The van der Waals surface area contributed by atoms with Crippen LogP contribution >= 0.6 is 35.3 Å². The van der Waals surface area contributed by atoms with Gasteiger partial charge in [0.15, 0.2) is 5.96 Å². The van der Waals surface area contributed by atoms with Crippen LogP contribution in [0.1, 0.15) is 28.3 Å². The number of halogens is 1. The zero-order chi connectivity index (χ0) is 16.7. The summed E-state index contributed by atoms with van der Waals surface area (Å²) in [4.78, 5) is 10.1. The molecule has 0 atom stereocenters. The third-order valence-electron chi connectivity index (χ3n) is 3.58. The number of thiazole rings is 1. The molecule has 0 aliphatic heterocycles. The number of hydrogen-bond donors (Lipinski definition) is 2. The highest BCUT2D eigenvalue weighted by molar-refractivity contribution is 14.0. The Kier molecular flexibility index (Phi) is 9.19. The van der Waals surface area contributed by atoms with Gasteiger partial charge in [0.1, 0.15) is 12.2 Å². The van der Waals surface area contributed by atoms with Crippen molar-refractivity contribution < 1.29 is 0 Å². The fraction of sp³-hybridized carbons (Fsp3) is 0.600. The minimum absolute atomic E-state index is 0. The largest absolute Gasteiger partial charge is 0.356 e. The van der Waals surface area contributed by atoms with E-state index < -0.39 is 0 Å². The number of nitrogens with one attached hydrogen (secondary N) is 2. The molecule has 7 nitrogen and oxygen atoms in total. The normalized spacial score (nSPS) is 11.2. The Morgan fingerprint density at radius 2 is 2.04 bits per heavy atom. The molecule has 2 N–H and O–H groups in total. The molecule has 0 saturated heterocycles. The number of rotatable bonds is 7. The summed E-state index contributed by atoms with van der Waals surface area (Å²) in [5, 5.41) is 15.8. The number of aromatic nitrogens is 4. The second kappa shape index (κ2) is 10.6. The summed E-state index contributed by atoms with van der Waals surface area (Å²) >= 11 is 1.77. The first-order valence-corrected chi connectivity index (χ1v) is 8.69. The number of aryl methyl sites for hydroxylation is 3. The highest BCUT2D eigenvalue weighted by atomic mass is 127. The van der Waals surface area contributed by atoms with Crippen LogP contribution in [0.25, 0.3) is 0 Å². The van der Waals surface area contributed by atoms with Crippen LogP contribution in [-0.4, -0.2) is 45.8 Å². The number of guanidine groups is 1. The van der Waals surface area contributed by atoms with Gasteiger partial charge in [-0.1, -0.05) is 6.92 Å². The van der Waals surface area contributed by atoms with Crippen LogP contribution in [-0.2, 0) is 19.4 Å². The van der Waals surface area contributed by atoms with Gasteiger partial charge in [-0.2, -0.15) is 0 Å². The Labute approximate surface area is 164 Å². The average molecular weight is 463 g/mol. The van der Waals surface area contributed by atoms with Gasteiger partial charge in [0.05, 0.1) is 10.7 Å². The fourth-order valence-electron chi connectivity index (χ4n) is 2.19. The first-order chi connectivity index (χ1) is 11.1. The van der Waals surface area contributed by atoms with Crippen LogP contribution < -0.4 is 10.6 Å². The van der Waals surface area contributed by atoms with Crippen molar-refractivity contribution in [1.82, 2.24) is 30.4 Å². The Morgan fingerprint density at radius 3 is 2.67 bits per heavy atom. The van der Waals surface area contributed by atoms with Crippen molar-refractivity contribution >= 4 is 41.3 Å². The molecule has 0 fully saturated rings. The van der Waals surface area contributed by atoms with Gasteiger partial charge in [0.2, 0.25) is 0 Å². The van der Waals surface area contributed by atoms with E-state index in [-0.39, 0.29) is 24.0 Å². The van der Waals surface area contributed by atoms with Gasteiger partial charge < -0.3 is 15.2 Å². The quantitative estimate of drug-likeness (QED) is 0.373. The van der Waals surface area contributed by atoms with E-state index in [1.807, 2.05) is 0 Å². The van der Waals surface area contributed by atoms with E-state index in [1.165, 1.54) is 9.88 Å².